The summed E-state index contributed by atoms with van der Waals surface area (Å²) in [4.78, 5) is 19.9. The van der Waals surface area contributed by atoms with Gasteiger partial charge in [0.2, 0.25) is 5.88 Å². The number of rotatable bonds is 4. The Bertz CT molecular complexity index is 791. The van der Waals surface area contributed by atoms with Crippen molar-refractivity contribution in [2.75, 3.05) is 19.7 Å². The van der Waals surface area contributed by atoms with Crippen LogP contribution in [0.25, 0.3) is 0 Å². The van der Waals surface area contributed by atoms with E-state index in [4.69, 9.17) is 19.4 Å². The van der Waals surface area contributed by atoms with Crippen molar-refractivity contribution in [3.05, 3.63) is 41.0 Å². The summed E-state index contributed by atoms with van der Waals surface area (Å²) < 4.78 is 43.8. The Balaban J connectivity index is 0.000000298. The van der Waals surface area contributed by atoms with Gasteiger partial charge in [-0.3, -0.25) is 4.90 Å². The molecule has 0 unspecified atom stereocenters. The van der Waals surface area contributed by atoms with E-state index in [0.29, 0.717) is 12.5 Å². The van der Waals surface area contributed by atoms with Gasteiger partial charge in [0.15, 0.2) is 0 Å². The molecule has 2 aliphatic rings. The van der Waals surface area contributed by atoms with E-state index in [1.54, 1.807) is 17.5 Å². The maximum Gasteiger partial charge on any atom is 0.490 e. The first-order chi connectivity index (χ1) is 13.8. The molecule has 0 aliphatic carbocycles. The van der Waals surface area contributed by atoms with Crippen LogP contribution < -0.4 is 4.74 Å². The average Bonchev–Trinajstić information content (AvgIpc) is 3.40. The lowest BCUT2D eigenvalue weighted by Gasteiger charge is -2.22. The number of ether oxygens (including phenoxy) is 2. The first kappa shape index (κ1) is 21.5. The van der Waals surface area contributed by atoms with Crippen molar-refractivity contribution >= 4 is 17.3 Å². The molecular weight excluding hydrogens is 411 g/mol. The molecule has 1 N–H and O–H groups in total. The Morgan fingerprint density at radius 3 is 2.79 bits per heavy atom. The minimum absolute atomic E-state index is 0.0449. The highest BCUT2D eigenvalue weighted by Gasteiger charge is 2.46. The maximum atomic E-state index is 10.6. The summed E-state index contributed by atoms with van der Waals surface area (Å²) in [6.07, 6.45) is 0.661. The van der Waals surface area contributed by atoms with E-state index in [1.807, 2.05) is 29.8 Å². The van der Waals surface area contributed by atoms with Crippen LogP contribution in [0.4, 0.5) is 13.2 Å². The molecular formula is C18H20F3N3O4S. The monoisotopic (exact) mass is 431 g/mol. The average molecular weight is 431 g/mol. The lowest BCUT2D eigenvalue weighted by atomic mass is 9.98. The summed E-state index contributed by atoms with van der Waals surface area (Å²) >= 11 is 1.72. The van der Waals surface area contributed by atoms with Crippen molar-refractivity contribution in [3.63, 3.8) is 0 Å². The van der Waals surface area contributed by atoms with Gasteiger partial charge in [-0.25, -0.2) is 14.8 Å². The lowest BCUT2D eigenvalue weighted by molar-refractivity contribution is -0.192. The molecule has 0 saturated carbocycles. The van der Waals surface area contributed by atoms with Crippen molar-refractivity contribution in [2.45, 2.75) is 37.3 Å². The summed E-state index contributed by atoms with van der Waals surface area (Å²) in [5.41, 5.74) is -0.0449. The number of pyridine rings is 1. The fraction of sp³-hybridized carbons (Fsp3) is 0.500. The zero-order chi connectivity index (χ0) is 20.9. The Hall–Kier alpha value is -2.24. The van der Waals surface area contributed by atoms with Crippen LogP contribution in [0, 0.1) is 0 Å². The second kappa shape index (κ2) is 9.06. The molecule has 2 aromatic heterocycles. The maximum absolute atomic E-state index is 10.6. The largest absolute Gasteiger partial charge is 0.490 e. The van der Waals surface area contributed by atoms with E-state index in [2.05, 4.69) is 14.9 Å². The van der Waals surface area contributed by atoms with Crippen molar-refractivity contribution in [1.29, 1.82) is 0 Å². The molecule has 2 aromatic rings. The normalized spacial score (nSPS) is 24.3. The fourth-order valence-electron chi connectivity index (χ4n) is 3.33. The third kappa shape index (κ3) is 6.12. The van der Waals surface area contributed by atoms with Crippen LogP contribution in [0.1, 0.15) is 17.8 Å². The first-order valence-electron chi connectivity index (χ1n) is 8.88. The second-order valence-corrected chi connectivity index (χ2v) is 7.77. The zero-order valence-electron chi connectivity index (χ0n) is 15.3. The number of nitrogens with zero attached hydrogens (tertiary/aromatic N) is 3. The SMILES string of the molecule is O=C(O)C(F)(F)F.c1ccc(O[C@@H]2CO[C@@]3(CCN(Cc4nccs4)C3)C2)nc1. The molecule has 158 valence electrons. The van der Waals surface area contributed by atoms with Gasteiger partial charge in [0.05, 0.1) is 18.8 Å². The predicted molar refractivity (Wildman–Crippen MR) is 97.7 cm³/mol. The number of aromatic nitrogens is 2. The minimum atomic E-state index is -5.08. The number of aliphatic carboxylic acids is 1. The van der Waals surface area contributed by atoms with E-state index in [9.17, 15) is 13.2 Å². The highest BCUT2D eigenvalue weighted by Crippen LogP contribution is 2.37. The Morgan fingerprint density at radius 1 is 1.38 bits per heavy atom. The van der Waals surface area contributed by atoms with Crippen LogP contribution in [0.5, 0.6) is 5.88 Å². The third-order valence-corrected chi connectivity index (χ3v) is 5.34. The lowest BCUT2D eigenvalue weighted by Crippen LogP contribution is -2.33. The molecule has 0 bridgehead atoms. The van der Waals surface area contributed by atoms with Crippen LogP contribution >= 0.6 is 11.3 Å². The van der Waals surface area contributed by atoms with Gasteiger partial charge in [-0.15, -0.1) is 11.3 Å². The van der Waals surface area contributed by atoms with Crippen LogP contribution in [0.2, 0.25) is 0 Å². The number of likely N-dealkylation sites (tertiary alicyclic amines) is 1. The quantitative estimate of drug-likeness (QED) is 0.797. The number of thiazole rings is 1. The number of carboxylic acids is 1. The van der Waals surface area contributed by atoms with E-state index in [0.717, 1.165) is 32.5 Å². The summed E-state index contributed by atoms with van der Waals surface area (Å²) in [6, 6.07) is 5.74. The highest BCUT2D eigenvalue weighted by molar-refractivity contribution is 7.09. The topological polar surface area (TPSA) is 84.8 Å². The number of carboxylic acid groups (broad SMARTS) is 1. The molecule has 2 atom stereocenters. The van der Waals surface area contributed by atoms with Gasteiger partial charge < -0.3 is 14.6 Å². The van der Waals surface area contributed by atoms with Gasteiger partial charge in [0.1, 0.15) is 11.1 Å². The van der Waals surface area contributed by atoms with Gasteiger partial charge in [-0.1, -0.05) is 6.07 Å². The van der Waals surface area contributed by atoms with E-state index >= 15 is 0 Å². The molecule has 4 rings (SSSR count). The molecule has 7 nitrogen and oxygen atoms in total. The van der Waals surface area contributed by atoms with Gasteiger partial charge in [0.25, 0.3) is 0 Å². The number of hydrogen-bond acceptors (Lipinski definition) is 7. The Kier molecular flexibility index (Phi) is 6.70. The predicted octanol–water partition coefficient (Wildman–Crippen LogP) is 2.98. The van der Waals surface area contributed by atoms with Crippen molar-refractivity contribution in [2.24, 2.45) is 0 Å². The van der Waals surface area contributed by atoms with E-state index in [-0.39, 0.29) is 11.7 Å². The van der Waals surface area contributed by atoms with Crippen LogP contribution in [-0.2, 0) is 16.1 Å². The third-order valence-electron chi connectivity index (χ3n) is 4.58. The number of halogens is 3. The van der Waals surface area contributed by atoms with Crippen molar-refractivity contribution in [1.82, 2.24) is 14.9 Å². The second-order valence-electron chi connectivity index (χ2n) is 6.80. The summed E-state index contributed by atoms with van der Waals surface area (Å²) in [5.74, 6) is -2.07. The van der Waals surface area contributed by atoms with Crippen LogP contribution in [0.3, 0.4) is 0 Å². The smallest absolute Gasteiger partial charge is 0.475 e. The van der Waals surface area contributed by atoms with E-state index < -0.39 is 12.1 Å². The van der Waals surface area contributed by atoms with Gasteiger partial charge in [0, 0.05) is 43.4 Å². The van der Waals surface area contributed by atoms with Crippen molar-refractivity contribution in [3.8, 4) is 5.88 Å². The zero-order valence-corrected chi connectivity index (χ0v) is 16.2. The van der Waals surface area contributed by atoms with Gasteiger partial charge in [-0.05, 0) is 12.5 Å². The molecule has 11 heteroatoms. The molecule has 4 heterocycles. The summed E-state index contributed by atoms with van der Waals surface area (Å²) in [7, 11) is 0. The van der Waals surface area contributed by atoms with Crippen LogP contribution in [-0.4, -0.2) is 63.5 Å². The Morgan fingerprint density at radius 2 is 2.17 bits per heavy atom. The summed E-state index contributed by atoms with van der Waals surface area (Å²) in [5, 5.41) is 10.3. The standard InChI is InChI=1S/C16H19N3O2S.C2HF3O2/c1-2-5-17-14(3-1)21-13-9-16(20-11-13)4-7-19(12-16)10-15-18-6-8-22-15;3-2(4,5)1(6)7/h1-3,5-6,8,13H,4,7,9-12H2;(H,6,7)/t13-,16-;/m0./s1. The fourth-order valence-corrected chi connectivity index (χ4v) is 3.99. The molecule has 0 radical (unpaired) electrons. The minimum Gasteiger partial charge on any atom is -0.475 e. The number of carbonyl (C=O) groups is 1. The summed E-state index contributed by atoms with van der Waals surface area (Å²) in [6.45, 7) is 3.61. The molecule has 29 heavy (non-hydrogen) atoms. The molecule has 0 aromatic carbocycles. The van der Waals surface area contributed by atoms with E-state index in [1.165, 1.54) is 5.01 Å². The Labute approximate surface area is 169 Å². The van der Waals surface area contributed by atoms with Gasteiger partial charge in [-0.2, -0.15) is 13.2 Å². The van der Waals surface area contributed by atoms with Crippen LogP contribution in [0.15, 0.2) is 36.0 Å². The molecule has 2 aliphatic heterocycles. The number of hydrogen-bond donors (Lipinski definition) is 1. The number of alkyl halides is 3. The molecule has 1 spiro atoms. The highest BCUT2D eigenvalue weighted by atomic mass is 32.1. The van der Waals surface area contributed by atoms with Crippen molar-refractivity contribution < 1.29 is 32.5 Å². The molecule has 2 fully saturated rings. The molecule has 2 saturated heterocycles. The first-order valence-corrected chi connectivity index (χ1v) is 9.76. The van der Waals surface area contributed by atoms with Gasteiger partial charge >= 0.3 is 12.1 Å². The molecule has 0 amide bonds.